The van der Waals surface area contributed by atoms with Gasteiger partial charge in [0.25, 0.3) is 0 Å². The second kappa shape index (κ2) is 3.63. The molecule has 0 saturated heterocycles. The van der Waals surface area contributed by atoms with E-state index in [2.05, 4.69) is 48.6 Å². The first kappa shape index (κ1) is 7.69. The molecule has 0 N–H and O–H groups in total. The zero-order chi connectivity index (χ0) is 8.23. The minimum absolute atomic E-state index is 1.07. The molecule has 0 aromatic heterocycles. The van der Waals surface area contributed by atoms with Gasteiger partial charge in [0.2, 0.25) is 0 Å². The maximum Gasteiger partial charge on any atom is 0.0164 e. The van der Waals surface area contributed by atoms with Gasteiger partial charge in [-0.15, -0.1) is 11.8 Å². The van der Waals surface area contributed by atoms with Crippen molar-refractivity contribution in [2.45, 2.75) is 4.90 Å². The molecule has 0 bridgehead atoms. The summed E-state index contributed by atoms with van der Waals surface area (Å²) in [6.07, 6.45) is 8.52. The highest BCUT2D eigenvalue weighted by molar-refractivity contribution is 7.99. The highest BCUT2D eigenvalue weighted by Gasteiger charge is 1.98. The van der Waals surface area contributed by atoms with Gasteiger partial charge in [-0.3, -0.25) is 0 Å². The Bertz CT molecular complexity index is 324. The number of rotatable bonds is 0. The van der Waals surface area contributed by atoms with E-state index >= 15 is 0 Å². The summed E-state index contributed by atoms with van der Waals surface area (Å²) in [7, 11) is 0. The van der Waals surface area contributed by atoms with E-state index < -0.39 is 0 Å². The molecule has 1 aliphatic rings. The van der Waals surface area contributed by atoms with Gasteiger partial charge < -0.3 is 0 Å². The maximum atomic E-state index is 2.18. The first-order valence-electron chi connectivity index (χ1n) is 4.02. The highest BCUT2D eigenvalue weighted by Crippen LogP contribution is 2.24. The van der Waals surface area contributed by atoms with Gasteiger partial charge in [-0.05, 0) is 11.6 Å². The van der Waals surface area contributed by atoms with Crippen LogP contribution in [0, 0.1) is 0 Å². The fraction of sp³-hybridized carbons (Fsp3) is 0.0909. The summed E-state index contributed by atoms with van der Waals surface area (Å²) in [5.41, 5.74) is 1.33. The van der Waals surface area contributed by atoms with E-state index in [1.54, 1.807) is 0 Å². The standard InChI is InChI=1S/C11H10S/c1-2-6-10-7-3-4-8-11(10)12-9-5-1/h1-8H,9H2/b5-1-,6-2-. The molecule has 1 aliphatic heterocycles. The minimum atomic E-state index is 1.07. The normalized spacial score (nSPS) is 20.3. The van der Waals surface area contributed by atoms with Crippen molar-refractivity contribution in [1.29, 1.82) is 0 Å². The van der Waals surface area contributed by atoms with Crippen LogP contribution in [0.25, 0.3) is 6.08 Å². The summed E-state index contributed by atoms with van der Waals surface area (Å²) in [5.74, 6) is 1.07. The second-order valence-electron chi connectivity index (χ2n) is 2.64. The van der Waals surface area contributed by atoms with Crippen molar-refractivity contribution in [1.82, 2.24) is 0 Å². The lowest BCUT2D eigenvalue weighted by molar-refractivity contribution is 1.41. The Balaban J connectivity index is 2.43. The summed E-state index contributed by atoms with van der Waals surface area (Å²) >= 11 is 1.88. The van der Waals surface area contributed by atoms with Crippen LogP contribution in [0.15, 0.2) is 47.4 Å². The fourth-order valence-electron chi connectivity index (χ4n) is 1.18. The van der Waals surface area contributed by atoms with Crippen LogP contribution >= 0.6 is 11.8 Å². The van der Waals surface area contributed by atoms with E-state index in [-0.39, 0.29) is 0 Å². The van der Waals surface area contributed by atoms with Crippen LogP contribution in [0.2, 0.25) is 0 Å². The third kappa shape index (κ3) is 1.62. The molecule has 0 spiro atoms. The van der Waals surface area contributed by atoms with Crippen LogP contribution in [-0.2, 0) is 0 Å². The first-order chi connectivity index (χ1) is 5.97. The van der Waals surface area contributed by atoms with E-state index in [0.717, 1.165) is 5.75 Å². The lowest BCUT2D eigenvalue weighted by Crippen LogP contribution is -1.81. The molecular weight excluding hydrogens is 164 g/mol. The third-order valence-electron chi connectivity index (χ3n) is 1.78. The van der Waals surface area contributed by atoms with Crippen LogP contribution in [-0.4, -0.2) is 5.75 Å². The Kier molecular flexibility index (Phi) is 2.33. The Hall–Kier alpha value is -0.950. The molecule has 60 valence electrons. The van der Waals surface area contributed by atoms with Gasteiger partial charge in [0, 0.05) is 10.6 Å². The van der Waals surface area contributed by atoms with Crippen molar-refractivity contribution in [2.24, 2.45) is 0 Å². The molecule has 12 heavy (non-hydrogen) atoms. The lowest BCUT2D eigenvalue weighted by Gasteiger charge is -2.04. The largest absolute Gasteiger partial charge is 0.121 e. The zero-order valence-electron chi connectivity index (χ0n) is 6.73. The number of hydrogen-bond donors (Lipinski definition) is 0. The van der Waals surface area contributed by atoms with Crippen molar-refractivity contribution in [2.75, 3.05) is 5.75 Å². The molecule has 2 rings (SSSR count). The quantitative estimate of drug-likeness (QED) is 0.581. The molecule has 0 radical (unpaired) electrons. The van der Waals surface area contributed by atoms with Gasteiger partial charge in [0.05, 0.1) is 0 Å². The number of hydrogen-bond acceptors (Lipinski definition) is 1. The highest BCUT2D eigenvalue weighted by atomic mass is 32.2. The minimum Gasteiger partial charge on any atom is -0.121 e. The van der Waals surface area contributed by atoms with Gasteiger partial charge in [0.1, 0.15) is 0 Å². The summed E-state index contributed by atoms with van der Waals surface area (Å²) in [4.78, 5) is 1.37. The van der Waals surface area contributed by atoms with Gasteiger partial charge >= 0.3 is 0 Å². The van der Waals surface area contributed by atoms with Crippen LogP contribution in [0.3, 0.4) is 0 Å². The van der Waals surface area contributed by atoms with Crippen LogP contribution in [0.4, 0.5) is 0 Å². The summed E-state index contributed by atoms with van der Waals surface area (Å²) < 4.78 is 0. The summed E-state index contributed by atoms with van der Waals surface area (Å²) in [6.45, 7) is 0. The van der Waals surface area contributed by atoms with Gasteiger partial charge in [0.15, 0.2) is 0 Å². The molecule has 0 amide bonds. The maximum absolute atomic E-state index is 2.18. The average molecular weight is 174 g/mol. The van der Waals surface area contributed by atoms with Crippen LogP contribution in [0.5, 0.6) is 0 Å². The SMILES string of the molecule is C1=C\CSc2ccccc2\C=C/1. The molecule has 1 aromatic rings. The zero-order valence-corrected chi connectivity index (χ0v) is 7.55. The van der Waals surface area contributed by atoms with Crippen LogP contribution < -0.4 is 0 Å². The van der Waals surface area contributed by atoms with Gasteiger partial charge in [-0.1, -0.05) is 42.5 Å². The smallest absolute Gasteiger partial charge is 0.0164 e. The van der Waals surface area contributed by atoms with Crippen molar-refractivity contribution in [3.05, 3.63) is 48.1 Å². The summed E-state index contributed by atoms with van der Waals surface area (Å²) in [6, 6.07) is 8.49. The van der Waals surface area contributed by atoms with Crippen molar-refractivity contribution in [3.63, 3.8) is 0 Å². The molecule has 0 fully saturated rings. The van der Waals surface area contributed by atoms with Crippen molar-refractivity contribution in [3.8, 4) is 0 Å². The molecular formula is C11H10S. The monoisotopic (exact) mass is 174 g/mol. The Morgan fingerprint density at radius 1 is 1.08 bits per heavy atom. The first-order valence-corrected chi connectivity index (χ1v) is 5.00. The van der Waals surface area contributed by atoms with E-state index in [1.165, 1.54) is 10.5 Å². The number of fused-ring (bicyclic) bond motifs is 1. The molecule has 1 aromatic carbocycles. The lowest BCUT2D eigenvalue weighted by atomic mass is 10.2. The molecule has 0 aliphatic carbocycles. The van der Waals surface area contributed by atoms with Crippen molar-refractivity contribution < 1.29 is 0 Å². The molecule has 1 heterocycles. The van der Waals surface area contributed by atoms with E-state index in [9.17, 15) is 0 Å². The molecule has 0 atom stereocenters. The topological polar surface area (TPSA) is 0 Å². The van der Waals surface area contributed by atoms with E-state index in [1.807, 2.05) is 11.8 Å². The average Bonchev–Trinajstić information content (AvgIpc) is 2.06. The Labute approximate surface area is 77.0 Å². The number of allylic oxidation sites excluding steroid dienone is 2. The van der Waals surface area contributed by atoms with E-state index in [0.29, 0.717) is 0 Å². The molecule has 0 unspecified atom stereocenters. The summed E-state index contributed by atoms with van der Waals surface area (Å²) in [5, 5.41) is 0. The molecule has 0 saturated carbocycles. The molecule has 0 nitrogen and oxygen atoms in total. The Morgan fingerprint density at radius 3 is 3.00 bits per heavy atom. The molecule has 1 heteroatoms. The van der Waals surface area contributed by atoms with Crippen molar-refractivity contribution >= 4 is 17.8 Å². The van der Waals surface area contributed by atoms with E-state index in [4.69, 9.17) is 0 Å². The fourth-order valence-corrected chi connectivity index (χ4v) is 2.05. The second-order valence-corrected chi connectivity index (χ2v) is 3.70. The predicted molar refractivity (Wildman–Crippen MR) is 55.3 cm³/mol. The van der Waals surface area contributed by atoms with Gasteiger partial charge in [-0.2, -0.15) is 0 Å². The van der Waals surface area contributed by atoms with Gasteiger partial charge in [-0.25, -0.2) is 0 Å². The number of benzene rings is 1. The van der Waals surface area contributed by atoms with Crippen LogP contribution in [0.1, 0.15) is 5.56 Å². The number of thioether (sulfide) groups is 1. The Morgan fingerprint density at radius 2 is 2.00 bits per heavy atom. The third-order valence-corrected chi connectivity index (χ3v) is 2.82. The predicted octanol–water partition coefficient (Wildman–Crippen LogP) is 3.36.